The summed E-state index contributed by atoms with van der Waals surface area (Å²) in [5.41, 5.74) is 0.940. The summed E-state index contributed by atoms with van der Waals surface area (Å²) in [6.45, 7) is 6.12. The maximum absolute atomic E-state index is 9.49. The highest BCUT2D eigenvalue weighted by molar-refractivity contribution is 5.80. The second-order valence-electron chi connectivity index (χ2n) is 4.56. The van der Waals surface area contributed by atoms with Crippen LogP contribution in [0.15, 0.2) is 23.2 Å². The van der Waals surface area contributed by atoms with Crippen LogP contribution in [0.3, 0.4) is 0 Å². The van der Waals surface area contributed by atoms with E-state index in [1.807, 2.05) is 12.3 Å². The third kappa shape index (κ3) is 4.22. The first-order chi connectivity index (χ1) is 9.29. The van der Waals surface area contributed by atoms with Crippen LogP contribution in [-0.2, 0) is 0 Å². The average Bonchev–Trinajstić information content (AvgIpc) is 2.46. The average molecular weight is 263 g/mol. The minimum Gasteiger partial charge on any atom is -0.504 e. The SMILES string of the molecule is COc1cc(C=NCCN2CCNCC2)ccc1O. The highest BCUT2D eigenvalue weighted by atomic mass is 16.5. The molecule has 0 bridgehead atoms. The zero-order valence-electron chi connectivity index (χ0n) is 11.3. The van der Waals surface area contributed by atoms with E-state index in [0.29, 0.717) is 5.75 Å². The number of phenolic OH excluding ortho intramolecular Hbond substituents is 1. The number of aromatic hydroxyl groups is 1. The number of ether oxygens (including phenoxy) is 1. The second kappa shape index (κ2) is 7.11. The molecule has 1 fully saturated rings. The summed E-state index contributed by atoms with van der Waals surface area (Å²) in [5, 5.41) is 12.8. The number of aliphatic imine (C=N–C) groups is 1. The first-order valence-electron chi connectivity index (χ1n) is 6.59. The van der Waals surface area contributed by atoms with Gasteiger partial charge in [-0.05, 0) is 23.8 Å². The standard InChI is InChI=1S/C14H21N3O2/c1-19-14-10-12(2-3-13(14)18)11-16-6-9-17-7-4-15-5-8-17/h2-3,10-11,15,18H,4-9H2,1H3. The fourth-order valence-corrected chi connectivity index (χ4v) is 2.08. The molecule has 0 radical (unpaired) electrons. The zero-order valence-corrected chi connectivity index (χ0v) is 11.3. The molecule has 0 saturated carbocycles. The summed E-state index contributed by atoms with van der Waals surface area (Å²) in [6, 6.07) is 5.23. The van der Waals surface area contributed by atoms with E-state index in [-0.39, 0.29) is 5.75 Å². The van der Waals surface area contributed by atoms with E-state index in [4.69, 9.17) is 4.74 Å². The molecule has 104 valence electrons. The van der Waals surface area contributed by atoms with Gasteiger partial charge in [0.05, 0.1) is 13.7 Å². The molecular weight excluding hydrogens is 242 g/mol. The molecule has 5 heteroatoms. The van der Waals surface area contributed by atoms with Crippen molar-refractivity contribution < 1.29 is 9.84 Å². The molecule has 19 heavy (non-hydrogen) atoms. The second-order valence-corrected chi connectivity index (χ2v) is 4.56. The summed E-state index contributed by atoms with van der Waals surface area (Å²) >= 11 is 0. The number of nitrogens with one attached hydrogen (secondary N) is 1. The summed E-state index contributed by atoms with van der Waals surface area (Å²) in [6.07, 6.45) is 1.82. The van der Waals surface area contributed by atoms with E-state index >= 15 is 0 Å². The van der Waals surface area contributed by atoms with Crippen molar-refractivity contribution in [1.82, 2.24) is 10.2 Å². The van der Waals surface area contributed by atoms with E-state index in [0.717, 1.165) is 44.8 Å². The Labute approximate surface area is 113 Å². The molecule has 0 amide bonds. The van der Waals surface area contributed by atoms with Gasteiger partial charge >= 0.3 is 0 Å². The minimum atomic E-state index is 0.153. The molecule has 2 rings (SSSR count). The summed E-state index contributed by atoms with van der Waals surface area (Å²) in [5.74, 6) is 0.631. The van der Waals surface area contributed by atoms with E-state index < -0.39 is 0 Å². The van der Waals surface area contributed by atoms with Gasteiger partial charge in [0.25, 0.3) is 0 Å². The fourth-order valence-electron chi connectivity index (χ4n) is 2.08. The Morgan fingerprint density at radius 2 is 2.21 bits per heavy atom. The predicted molar refractivity (Wildman–Crippen MR) is 76.4 cm³/mol. The molecule has 0 spiro atoms. The van der Waals surface area contributed by atoms with Crippen molar-refractivity contribution in [3.8, 4) is 11.5 Å². The summed E-state index contributed by atoms with van der Waals surface area (Å²) in [7, 11) is 1.54. The van der Waals surface area contributed by atoms with Crippen molar-refractivity contribution in [1.29, 1.82) is 0 Å². The van der Waals surface area contributed by atoms with E-state index in [2.05, 4.69) is 15.2 Å². The molecule has 0 aliphatic carbocycles. The Morgan fingerprint density at radius 1 is 1.42 bits per heavy atom. The number of phenols is 1. The molecule has 1 aliphatic rings. The molecule has 0 aromatic heterocycles. The van der Waals surface area contributed by atoms with Crippen molar-refractivity contribution in [2.45, 2.75) is 0 Å². The molecule has 5 nitrogen and oxygen atoms in total. The Bertz CT molecular complexity index is 429. The number of hydrogen-bond donors (Lipinski definition) is 2. The Kier molecular flexibility index (Phi) is 5.18. The van der Waals surface area contributed by atoms with E-state index in [1.54, 1.807) is 19.2 Å². The lowest BCUT2D eigenvalue weighted by atomic mass is 10.2. The Hall–Kier alpha value is -1.59. The van der Waals surface area contributed by atoms with Crippen LogP contribution in [0.1, 0.15) is 5.56 Å². The third-order valence-corrected chi connectivity index (χ3v) is 3.20. The largest absolute Gasteiger partial charge is 0.504 e. The highest BCUT2D eigenvalue weighted by Gasteiger charge is 2.07. The van der Waals surface area contributed by atoms with Gasteiger partial charge in [-0.1, -0.05) is 0 Å². The molecule has 1 heterocycles. The molecule has 1 aromatic carbocycles. The molecule has 1 saturated heterocycles. The van der Waals surface area contributed by atoms with Crippen LogP contribution < -0.4 is 10.1 Å². The van der Waals surface area contributed by atoms with E-state index in [1.165, 1.54) is 0 Å². The molecule has 0 atom stereocenters. The van der Waals surface area contributed by atoms with Crippen LogP contribution in [0.25, 0.3) is 0 Å². The first-order valence-corrected chi connectivity index (χ1v) is 6.59. The van der Waals surface area contributed by atoms with Crippen LogP contribution in [0.5, 0.6) is 11.5 Å². The topological polar surface area (TPSA) is 57.1 Å². The van der Waals surface area contributed by atoms with Crippen molar-refractivity contribution in [2.75, 3.05) is 46.4 Å². The van der Waals surface area contributed by atoms with Gasteiger partial charge in [0.2, 0.25) is 0 Å². The zero-order chi connectivity index (χ0) is 13.5. The van der Waals surface area contributed by atoms with Crippen LogP contribution in [0.2, 0.25) is 0 Å². The summed E-state index contributed by atoms with van der Waals surface area (Å²) < 4.78 is 5.06. The van der Waals surface area contributed by atoms with Crippen LogP contribution in [0.4, 0.5) is 0 Å². The summed E-state index contributed by atoms with van der Waals surface area (Å²) in [4.78, 5) is 6.82. The van der Waals surface area contributed by atoms with Gasteiger partial charge in [-0.2, -0.15) is 0 Å². The smallest absolute Gasteiger partial charge is 0.161 e. The van der Waals surface area contributed by atoms with Gasteiger partial charge < -0.3 is 15.2 Å². The van der Waals surface area contributed by atoms with Crippen molar-refractivity contribution in [3.05, 3.63) is 23.8 Å². The van der Waals surface area contributed by atoms with Gasteiger partial charge in [0, 0.05) is 38.9 Å². The molecule has 1 aromatic rings. The van der Waals surface area contributed by atoms with Gasteiger partial charge in [0.15, 0.2) is 11.5 Å². The first kappa shape index (κ1) is 13.8. The van der Waals surface area contributed by atoms with Gasteiger partial charge in [-0.15, -0.1) is 0 Å². The normalized spacial score (nSPS) is 16.9. The van der Waals surface area contributed by atoms with Crippen molar-refractivity contribution >= 4 is 6.21 Å². The lowest BCUT2D eigenvalue weighted by Gasteiger charge is -2.26. The third-order valence-electron chi connectivity index (χ3n) is 3.20. The van der Waals surface area contributed by atoms with Gasteiger partial charge in [-0.3, -0.25) is 9.89 Å². The number of nitrogens with zero attached hydrogens (tertiary/aromatic N) is 2. The lowest BCUT2D eigenvalue weighted by Crippen LogP contribution is -2.44. The molecule has 0 unspecified atom stereocenters. The van der Waals surface area contributed by atoms with Crippen molar-refractivity contribution in [3.63, 3.8) is 0 Å². The lowest BCUT2D eigenvalue weighted by molar-refractivity contribution is 0.248. The minimum absolute atomic E-state index is 0.153. The van der Waals surface area contributed by atoms with Gasteiger partial charge in [-0.25, -0.2) is 0 Å². The fraction of sp³-hybridized carbons (Fsp3) is 0.500. The number of hydrogen-bond acceptors (Lipinski definition) is 5. The van der Waals surface area contributed by atoms with Crippen LogP contribution >= 0.6 is 0 Å². The maximum Gasteiger partial charge on any atom is 0.161 e. The Morgan fingerprint density at radius 3 is 2.95 bits per heavy atom. The highest BCUT2D eigenvalue weighted by Crippen LogP contribution is 2.25. The molecule has 1 aliphatic heterocycles. The maximum atomic E-state index is 9.49. The predicted octanol–water partition coefficient (Wildman–Crippen LogP) is 0.725. The number of benzene rings is 1. The van der Waals surface area contributed by atoms with Gasteiger partial charge in [0.1, 0.15) is 0 Å². The monoisotopic (exact) mass is 263 g/mol. The van der Waals surface area contributed by atoms with Crippen molar-refractivity contribution in [2.24, 2.45) is 4.99 Å². The quantitative estimate of drug-likeness (QED) is 0.769. The number of rotatable bonds is 5. The Balaban J connectivity index is 1.81. The molecular formula is C14H21N3O2. The number of methoxy groups -OCH3 is 1. The van der Waals surface area contributed by atoms with Crippen LogP contribution in [-0.4, -0.2) is 62.6 Å². The van der Waals surface area contributed by atoms with E-state index in [9.17, 15) is 5.11 Å². The van der Waals surface area contributed by atoms with Crippen LogP contribution in [0, 0.1) is 0 Å². The number of piperazine rings is 1. The molecule has 2 N–H and O–H groups in total.